The summed E-state index contributed by atoms with van der Waals surface area (Å²) in [4.78, 5) is 69.1. The van der Waals surface area contributed by atoms with Gasteiger partial charge in [-0.15, -0.1) is 0 Å². The van der Waals surface area contributed by atoms with Crippen molar-refractivity contribution in [2.24, 2.45) is 0 Å². The van der Waals surface area contributed by atoms with Gasteiger partial charge in [0.05, 0.1) is 29.9 Å². The van der Waals surface area contributed by atoms with Gasteiger partial charge in [0.15, 0.2) is 0 Å². The zero-order valence-electron chi connectivity index (χ0n) is 26.9. The van der Waals surface area contributed by atoms with E-state index in [1.54, 1.807) is 18.2 Å². The number of halogens is 1. The van der Waals surface area contributed by atoms with Crippen molar-refractivity contribution in [3.8, 4) is 11.3 Å². The Morgan fingerprint density at radius 3 is 2.59 bits per heavy atom. The van der Waals surface area contributed by atoms with Gasteiger partial charge in [0.25, 0.3) is 17.7 Å². The third-order valence-electron chi connectivity index (χ3n) is 9.21. The minimum absolute atomic E-state index is 0.0636. The van der Waals surface area contributed by atoms with Crippen molar-refractivity contribution in [3.63, 3.8) is 0 Å². The number of nitrogens with zero attached hydrogens (tertiary/aromatic N) is 2. The molecule has 1 unspecified atom stereocenters. The number of benzene rings is 3. The summed E-state index contributed by atoms with van der Waals surface area (Å²) in [7, 11) is 2.00. The molecule has 252 valence electrons. The molecule has 1 fully saturated rings. The Balaban J connectivity index is 0.896. The summed E-state index contributed by atoms with van der Waals surface area (Å²) in [6.07, 6.45) is 0.812. The summed E-state index contributed by atoms with van der Waals surface area (Å²) in [5, 5.41) is 9.02. The molecule has 4 N–H and O–H groups in total. The van der Waals surface area contributed by atoms with Crippen molar-refractivity contribution >= 4 is 46.1 Å². The zero-order chi connectivity index (χ0) is 34.2. The third kappa shape index (κ3) is 6.18. The Labute approximate surface area is 281 Å². The fourth-order valence-corrected chi connectivity index (χ4v) is 6.85. The highest BCUT2D eigenvalue weighted by Gasteiger charge is 2.45. The van der Waals surface area contributed by atoms with E-state index in [0.29, 0.717) is 62.6 Å². The number of hydrogen-bond acceptors (Lipinski definition) is 8. The standard InChI is InChI=1S/C36H35FN6O6/c1-42(19-20-5-7-21(8-6-20)32-23-11-12-39-33(45)25-17-22(37)18-27(40-32)30(23)25)14-16-49-15-13-38-26-4-2-3-24-31(26)36(48)43(35(24)47)28-9-10-29(44)41-34(28)46/h2-8,17-18,28,38,40H,9-16,19H2,1H3,(H,39,45)(H,41,44,46). The van der Waals surface area contributed by atoms with Gasteiger partial charge in [0.2, 0.25) is 11.8 Å². The van der Waals surface area contributed by atoms with Crippen LogP contribution in [0.25, 0.3) is 22.2 Å². The molecule has 0 aliphatic carbocycles. The van der Waals surface area contributed by atoms with Crippen molar-refractivity contribution < 1.29 is 33.1 Å². The second kappa shape index (κ2) is 13.2. The molecule has 1 aromatic heterocycles. The minimum Gasteiger partial charge on any atom is -0.382 e. The number of fused-ring (bicyclic) bond motifs is 1. The first kappa shape index (κ1) is 32.2. The van der Waals surface area contributed by atoms with Crippen molar-refractivity contribution in [1.82, 2.24) is 25.4 Å². The van der Waals surface area contributed by atoms with Crippen molar-refractivity contribution in [2.75, 3.05) is 45.2 Å². The maximum absolute atomic E-state index is 14.2. The number of piperidine rings is 1. The van der Waals surface area contributed by atoms with E-state index in [0.717, 1.165) is 32.7 Å². The van der Waals surface area contributed by atoms with Crippen LogP contribution in [-0.2, 0) is 27.3 Å². The molecular weight excluding hydrogens is 631 g/mol. The van der Waals surface area contributed by atoms with Gasteiger partial charge >= 0.3 is 0 Å². The van der Waals surface area contributed by atoms with Gasteiger partial charge < -0.3 is 20.4 Å². The molecule has 0 bridgehead atoms. The largest absolute Gasteiger partial charge is 0.382 e. The number of ether oxygens (including phenoxy) is 1. The van der Waals surface area contributed by atoms with Gasteiger partial charge in [0.1, 0.15) is 11.9 Å². The van der Waals surface area contributed by atoms with Crippen LogP contribution in [0.5, 0.6) is 0 Å². The van der Waals surface area contributed by atoms with Crippen LogP contribution >= 0.6 is 0 Å². The molecule has 7 rings (SSSR count). The Bertz CT molecular complexity index is 2010. The number of anilines is 1. The first-order valence-corrected chi connectivity index (χ1v) is 16.3. The van der Waals surface area contributed by atoms with E-state index in [4.69, 9.17) is 4.74 Å². The highest BCUT2D eigenvalue weighted by atomic mass is 19.1. The molecule has 4 aromatic rings. The van der Waals surface area contributed by atoms with E-state index >= 15 is 0 Å². The molecule has 0 radical (unpaired) electrons. The molecule has 13 heteroatoms. The van der Waals surface area contributed by atoms with E-state index in [1.165, 1.54) is 12.1 Å². The van der Waals surface area contributed by atoms with E-state index in [1.807, 2.05) is 19.2 Å². The number of carbonyl (C=O) groups is 5. The van der Waals surface area contributed by atoms with E-state index < -0.39 is 35.5 Å². The highest BCUT2D eigenvalue weighted by molar-refractivity contribution is 6.25. The van der Waals surface area contributed by atoms with Gasteiger partial charge in [-0.25, -0.2) is 4.39 Å². The molecule has 4 heterocycles. The van der Waals surface area contributed by atoms with Crippen LogP contribution in [-0.4, -0.2) is 90.3 Å². The Hall–Kier alpha value is -5.40. The van der Waals surface area contributed by atoms with Crippen LogP contribution < -0.4 is 16.0 Å². The topological polar surface area (TPSA) is 153 Å². The van der Waals surface area contributed by atoms with Crippen LogP contribution in [0.2, 0.25) is 0 Å². The van der Waals surface area contributed by atoms with Crippen LogP contribution in [0.3, 0.4) is 0 Å². The fraction of sp³-hybridized carbons (Fsp3) is 0.306. The lowest BCUT2D eigenvalue weighted by Crippen LogP contribution is -2.54. The average molecular weight is 667 g/mol. The summed E-state index contributed by atoms with van der Waals surface area (Å²) >= 11 is 0. The zero-order valence-corrected chi connectivity index (χ0v) is 26.9. The van der Waals surface area contributed by atoms with Crippen LogP contribution in [0.4, 0.5) is 10.1 Å². The number of likely N-dealkylation sites (N-methyl/N-ethyl adjacent to an activating group) is 1. The number of imide groups is 2. The number of hydrogen-bond donors (Lipinski definition) is 4. The Morgan fingerprint density at radius 1 is 0.980 bits per heavy atom. The number of aromatic nitrogens is 1. The molecule has 3 aromatic carbocycles. The van der Waals surface area contributed by atoms with E-state index in [2.05, 4.69) is 38.0 Å². The Kier molecular flexibility index (Phi) is 8.69. The molecule has 0 saturated carbocycles. The number of nitrogens with one attached hydrogen (secondary N) is 4. The van der Waals surface area contributed by atoms with Gasteiger partial charge in [-0.2, -0.15) is 0 Å². The smallest absolute Gasteiger partial charge is 0.264 e. The van der Waals surface area contributed by atoms with E-state index in [-0.39, 0.29) is 29.9 Å². The van der Waals surface area contributed by atoms with E-state index in [9.17, 15) is 28.4 Å². The Morgan fingerprint density at radius 2 is 1.80 bits per heavy atom. The molecule has 1 saturated heterocycles. The SMILES string of the molecule is CN(CCOCCNc1cccc2c1C(=O)N(C1CCC(=O)NC1=O)C2=O)Cc1ccc(-c2[nH]c3cc(F)cc4c3c2CCNC4=O)cc1. The minimum atomic E-state index is -1.01. The molecule has 3 aliphatic heterocycles. The van der Waals surface area contributed by atoms with Gasteiger partial charge in [0, 0.05) is 54.9 Å². The quantitative estimate of drug-likeness (QED) is 0.141. The van der Waals surface area contributed by atoms with Gasteiger partial charge in [-0.05, 0) is 60.8 Å². The monoisotopic (exact) mass is 666 g/mol. The van der Waals surface area contributed by atoms with Crippen LogP contribution in [0.1, 0.15) is 55.0 Å². The third-order valence-corrected chi connectivity index (χ3v) is 9.21. The summed E-state index contributed by atoms with van der Waals surface area (Å²) < 4.78 is 20.1. The summed E-state index contributed by atoms with van der Waals surface area (Å²) in [5.41, 5.74) is 5.87. The molecule has 0 spiro atoms. The molecule has 5 amide bonds. The van der Waals surface area contributed by atoms with Gasteiger partial charge in [-0.1, -0.05) is 30.3 Å². The molecular formula is C36H35FN6O6. The first-order valence-electron chi connectivity index (χ1n) is 16.3. The van der Waals surface area contributed by atoms with Crippen molar-refractivity contribution in [3.05, 3.63) is 88.2 Å². The lowest BCUT2D eigenvalue weighted by molar-refractivity contribution is -0.136. The van der Waals surface area contributed by atoms with Crippen molar-refractivity contribution in [1.29, 1.82) is 0 Å². The predicted octanol–water partition coefficient (Wildman–Crippen LogP) is 3.22. The second-order valence-electron chi connectivity index (χ2n) is 12.5. The van der Waals surface area contributed by atoms with Crippen LogP contribution in [0, 0.1) is 5.82 Å². The van der Waals surface area contributed by atoms with Gasteiger partial charge in [-0.3, -0.25) is 39.1 Å². The summed E-state index contributed by atoms with van der Waals surface area (Å²) in [6.45, 7) is 3.10. The number of aromatic amines is 1. The maximum Gasteiger partial charge on any atom is 0.264 e. The average Bonchev–Trinajstić information content (AvgIpc) is 3.50. The number of carbonyl (C=O) groups excluding carboxylic acids is 5. The first-order chi connectivity index (χ1) is 23.7. The fourth-order valence-electron chi connectivity index (χ4n) is 6.85. The lowest BCUT2D eigenvalue weighted by Gasteiger charge is -2.27. The van der Waals surface area contributed by atoms with Crippen molar-refractivity contribution in [2.45, 2.75) is 31.8 Å². The number of H-pyrrole nitrogens is 1. The lowest BCUT2D eigenvalue weighted by atomic mass is 9.99. The summed E-state index contributed by atoms with van der Waals surface area (Å²) in [5.74, 6) is -2.88. The number of amides is 5. The normalized spacial score (nSPS) is 17.4. The highest BCUT2D eigenvalue weighted by Crippen LogP contribution is 2.35. The predicted molar refractivity (Wildman–Crippen MR) is 178 cm³/mol. The molecule has 3 aliphatic rings. The summed E-state index contributed by atoms with van der Waals surface area (Å²) in [6, 6.07) is 14.8. The maximum atomic E-state index is 14.2. The second-order valence-corrected chi connectivity index (χ2v) is 12.5. The molecule has 1 atom stereocenters. The van der Waals surface area contributed by atoms with Crippen LogP contribution in [0.15, 0.2) is 54.6 Å². The molecule has 49 heavy (non-hydrogen) atoms. The number of rotatable bonds is 11. The molecule has 12 nitrogen and oxygen atoms in total.